The molecule has 1 aliphatic heterocycles. The van der Waals surface area contributed by atoms with E-state index in [1.165, 1.54) is 51.7 Å². The molecular formula is C16H32N2O. The predicted octanol–water partition coefficient (Wildman–Crippen LogP) is 2.25. The first kappa shape index (κ1) is 15.3. The smallest absolute Gasteiger partial charge is 0.0616 e. The molecule has 0 aromatic heterocycles. The van der Waals surface area contributed by atoms with E-state index in [4.69, 9.17) is 0 Å². The van der Waals surface area contributed by atoms with Crippen LogP contribution in [0.1, 0.15) is 52.4 Å². The van der Waals surface area contributed by atoms with Crippen molar-refractivity contribution < 1.29 is 5.11 Å². The number of rotatable bonds is 6. The minimum absolute atomic E-state index is 0.0256. The number of nitrogens with zero attached hydrogens (tertiary/aromatic N) is 1. The van der Waals surface area contributed by atoms with Crippen molar-refractivity contribution in [3.63, 3.8) is 0 Å². The lowest BCUT2D eigenvalue weighted by Crippen LogP contribution is -2.52. The summed E-state index contributed by atoms with van der Waals surface area (Å²) in [5.41, 5.74) is 0.0256. The van der Waals surface area contributed by atoms with Crippen molar-refractivity contribution in [1.29, 1.82) is 0 Å². The summed E-state index contributed by atoms with van der Waals surface area (Å²) in [7, 11) is 0. The van der Waals surface area contributed by atoms with E-state index in [0.29, 0.717) is 12.5 Å². The molecule has 1 heterocycles. The van der Waals surface area contributed by atoms with Crippen LogP contribution >= 0.6 is 0 Å². The van der Waals surface area contributed by atoms with Crippen molar-refractivity contribution in [2.45, 2.75) is 57.9 Å². The summed E-state index contributed by atoms with van der Waals surface area (Å²) in [6, 6.07) is 0. The molecule has 2 atom stereocenters. The molecule has 1 saturated heterocycles. The summed E-state index contributed by atoms with van der Waals surface area (Å²) in [5, 5.41) is 13.4. The highest BCUT2D eigenvalue weighted by molar-refractivity contribution is 4.99. The Morgan fingerprint density at radius 2 is 2.00 bits per heavy atom. The standard InChI is InChI=1S/C16H32N2O/c1-3-17-16(13-19)9-4-5-15(16)8-12-18-10-6-14(2)7-11-18/h14-15,17,19H,3-13H2,1-2H3. The fourth-order valence-corrected chi connectivity index (χ4v) is 4.04. The zero-order chi connectivity index (χ0) is 13.7. The zero-order valence-electron chi connectivity index (χ0n) is 12.8. The quantitative estimate of drug-likeness (QED) is 0.775. The summed E-state index contributed by atoms with van der Waals surface area (Å²) >= 11 is 0. The lowest BCUT2D eigenvalue weighted by molar-refractivity contribution is 0.107. The fourth-order valence-electron chi connectivity index (χ4n) is 4.04. The summed E-state index contributed by atoms with van der Waals surface area (Å²) < 4.78 is 0. The van der Waals surface area contributed by atoms with E-state index >= 15 is 0 Å². The Balaban J connectivity index is 1.81. The Bertz CT molecular complexity index is 263. The second-order valence-corrected chi connectivity index (χ2v) is 6.75. The van der Waals surface area contributed by atoms with Crippen LogP contribution in [-0.4, -0.2) is 48.3 Å². The first-order valence-corrected chi connectivity index (χ1v) is 8.28. The third-order valence-electron chi connectivity index (χ3n) is 5.44. The van der Waals surface area contributed by atoms with E-state index in [1.807, 2.05) is 0 Å². The maximum atomic E-state index is 9.81. The predicted molar refractivity (Wildman–Crippen MR) is 80.3 cm³/mol. The van der Waals surface area contributed by atoms with Crippen LogP contribution in [0, 0.1) is 11.8 Å². The topological polar surface area (TPSA) is 35.5 Å². The van der Waals surface area contributed by atoms with Crippen LogP contribution in [-0.2, 0) is 0 Å². The summed E-state index contributed by atoms with van der Waals surface area (Å²) in [6.45, 7) is 9.59. The van der Waals surface area contributed by atoms with Crippen molar-refractivity contribution in [3.05, 3.63) is 0 Å². The second-order valence-electron chi connectivity index (χ2n) is 6.75. The van der Waals surface area contributed by atoms with E-state index in [9.17, 15) is 5.11 Å². The molecule has 3 nitrogen and oxygen atoms in total. The van der Waals surface area contributed by atoms with Crippen molar-refractivity contribution in [2.75, 3.05) is 32.8 Å². The van der Waals surface area contributed by atoms with Crippen molar-refractivity contribution in [2.24, 2.45) is 11.8 Å². The van der Waals surface area contributed by atoms with E-state index < -0.39 is 0 Å². The SMILES string of the molecule is CCNC1(CO)CCCC1CCN1CCC(C)CC1. The third-order valence-corrected chi connectivity index (χ3v) is 5.44. The van der Waals surface area contributed by atoms with Crippen molar-refractivity contribution in [3.8, 4) is 0 Å². The molecule has 0 aromatic rings. The fraction of sp³-hybridized carbons (Fsp3) is 1.00. The molecule has 3 heteroatoms. The van der Waals surface area contributed by atoms with E-state index in [0.717, 1.165) is 18.9 Å². The van der Waals surface area contributed by atoms with Crippen LogP contribution in [0.3, 0.4) is 0 Å². The molecule has 2 N–H and O–H groups in total. The van der Waals surface area contributed by atoms with Gasteiger partial charge in [0.2, 0.25) is 0 Å². The maximum Gasteiger partial charge on any atom is 0.0616 e. The number of nitrogens with one attached hydrogen (secondary N) is 1. The minimum Gasteiger partial charge on any atom is -0.394 e. The normalized spacial score (nSPS) is 33.9. The Labute approximate surface area is 118 Å². The van der Waals surface area contributed by atoms with Gasteiger partial charge in [-0.3, -0.25) is 0 Å². The number of hydrogen-bond donors (Lipinski definition) is 2. The molecule has 2 aliphatic rings. The molecule has 1 aliphatic carbocycles. The van der Waals surface area contributed by atoms with E-state index in [-0.39, 0.29) is 5.54 Å². The maximum absolute atomic E-state index is 9.81. The molecule has 0 amide bonds. The van der Waals surface area contributed by atoms with Crippen molar-refractivity contribution in [1.82, 2.24) is 10.2 Å². The van der Waals surface area contributed by atoms with Gasteiger partial charge in [0.1, 0.15) is 0 Å². The van der Waals surface area contributed by atoms with Crippen LogP contribution in [0.2, 0.25) is 0 Å². The molecular weight excluding hydrogens is 236 g/mol. The highest BCUT2D eigenvalue weighted by Gasteiger charge is 2.41. The van der Waals surface area contributed by atoms with Crippen LogP contribution in [0.15, 0.2) is 0 Å². The van der Waals surface area contributed by atoms with Crippen molar-refractivity contribution >= 4 is 0 Å². The number of hydrogen-bond acceptors (Lipinski definition) is 3. The molecule has 0 aromatic carbocycles. The molecule has 2 rings (SSSR count). The third kappa shape index (κ3) is 3.71. The molecule has 0 radical (unpaired) electrons. The lowest BCUT2D eigenvalue weighted by atomic mass is 9.85. The number of likely N-dealkylation sites (N-methyl/N-ethyl adjacent to an activating group) is 1. The molecule has 0 spiro atoms. The Hall–Kier alpha value is -0.120. The lowest BCUT2D eigenvalue weighted by Gasteiger charge is -2.37. The molecule has 2 unspecified atom stereocenters. The van der Waals surface area contributed by atoms with Gasteiger partial charge in [-0.1, -0.05) is 20.3 Å². The number of piperidine rings is 1. The van der Waals surface area contributed by atoms with Gasteiger partial charge in [0.25, 0.3) is 0 Å². The monoisotopic (exact) mass is 268 g/mol. The van der Waals surface area contributed by atoms with Gasteiger partial charge in [-0.25, -0.2) is 0 Å². The van der Waals surface area contributed by atoms with Gasteiger partial charge >= 0.3 is 0 Å². The average Bonchev–Trinajstić information content (AvgIpc) is 2.82. The Kier molecular flexibility index (Phi) is 5.67. The average molecular weight is 268 g/mol. The molecule has 1 saturated carbocycles. The summed E-state index contributed by atoms with van der Waals surface area (Å²) in [6.07, 6.45) is 7.69. The summed E-state index contributed by atoms with van der Waals surface area (Å²) in [4.78, 5) is 2.63. The van der Waals surface area contributed by atoms with Gasteiger partial charge in [-0.05, 0) is 70.1 Å². The zero-order valence-corrected chi connectivity index (χ0v) is 12.8. The van der Waals surface area contributed by atoms with Gasteiger partial charge in [-0.2, -0.15) is 0 Å². The van der Waals surface area contributed by atoms with Gasteiger partial charge in [0, 0.05) is 5.54 Å². The van der Waals surface area contributed by atoms with Crippen LogP contribution in [0.5, 0.6) is 0 Å². The first-order chi connectivity index (χ1) is 9.20. The van der Waals surface area contributed by atoms with E-state index in [2.05, 4.69) is 24.1 Å². The van der Waals surface area contributed by atoms with Gasteiger partial charge < -0.3 is 15.3 Å². The highest BCUT2D eigenvalue weighted by Crippen LogP contribution is 2.38. The number of likely N-dealkylation sites (tertiary alicyclic amines) is 1. The van der Waals surface area contributed by atoms with Gasteiger partial charge in [0.15, 0.2) is 0 Å². The highest BCUT2D eigenvalue weighted by atomic mass is 16.3. The Morgan fingerprint density at radius 3 is 2.63 bits per heavy atom. The number of aliphatic hydroxyl groups excluding tert-OH is 1. The molecule has 0 bridgehead atoms. The minimum atomic E-state index is 0.0256. The molecule has 2 fully saturated rings. The second kappa shape index (κ2) is 7.05. The molecule has 19 heavy (non-hydrogen) atoms. The van der Waals surface area contributed by atoms with Crippen LogP contribution in [0.25, 0.3) is 0 Å². The number of aliphatic hydroxyl groups is 1. The molecule has 112 valence electrons. The van der Waals surface area contributed by atoms with Crippen LogP contribution < -0.4 is 5.32 Å². The van der Waals surface area contributed by atoms with Gasteiger partial charge in [-0.15, -0.1) is 0 Å². The largest absolute Gasteiger partial charge is 0.394 e. The summed E-state index contributed by atoms with van der Waals surface area (Å²) in [5.74, 6) is 1.58. The van der Waals surface area contributed by atoms with Crippen LogP contribution in [0.4, 0.5) is 0 Å². The first-order valence-electron chi connectivity index (χ1n) is 8.28. The Morgan fingerprint density at radius 1 is 1.26 bits per heavy atom. The van der Waals surface area contributed by atoms with E-state index in [1.54, 1.807) is 0 Å². The van der Waals surface area contributed by atoms with Gasteiger partial charge in [0.05, 0.1) is 6.61 Å².